The summed E-state index contributed by atoms with van der Waals surface area (Å²) in [6.07, 6.45) is 5.08. The molecule has 0 saturated heterocycles. The number of aliphatic hydroxyl groups is 1. The van der Waals surface area contributed by atoms with Crippen LogP contribution < -0.4 is 11.2 Å². The zero-order valence-corrected chi connectivity index (χ0v) is 9.26. The van der Waals surface area contributed by atoms with Crippen LogP contribution in [0.15, 0.2) is 33.7 Å². The van der Waals surface area contributed by atoms with Crippen LogP contribution in [0.3, 0.4) is 0 Å². The van der Waals surface area contributed by atoms with Crippen LogP contribution >= 0.6 is 0 Å². The third kappa shape index (κ3) is 2.65. The Labute approximate surface area is 97.2 Å². The summed E-state index contributed by atoms with van der Waals surface area (Å²) in [6, 6.07) is 1.28. The number of aromatic amines is 1. The molecule has 0 unspecified atom stereocenters. The summed E-state index contributed by atoms with van der Waals surface area (Å²) in [5.74, 6) is 0.464. The molecule has 17 heavy (non-hydrogen) atoms. The molecule has 92 valence electrons. The topological polar surface area (TPSA) is 84.3 Å². The van der Waals surface area contributed by atoms with E-state index in [0.29, 0.717) is 12.2 Å². The molecule has 0 aliphatic carbocycles. The Morgan fingerprint density at radius 1 is 1.53 bits per heavy atom. The van der Waals surface area contributed by atoms with Crippen LogP contribution in [0.4, 0.5) is 0 Å². The van der Waals surface area contributed by atoms with Gasteiger partial charge in [-0.1, -0.05) is 0 Å². The first-order chi connectivity index (χ1) is 8.20. The van der Waals surface area contributed by atoms with Crippen molar-refractivity contribution in [2.45, 2.75) is 25.5 Å². The van der Waals surface area contributed by atoms with E-state index in [-0.39, 0.29) is 6.61 Å². The number of ether oxygens (including phenoxy) is 1. The first-order valence-electron chi connectivity index (χ1n) is 5.49. The minimum absolute atomic E-state index is 0.186. The molecule has 0 fully saturated rings. The largest absolute Gasteiger partial charge is 0.472 e. The molecule has 2 rings (SSSR count). The average molecular weight is 238 g/mol. The van der Waals surface area contributed by atoms with Crippen LogP contribution in [-0.4, -0.2) is 21.3 Å². The molecule has 2 heterocycles. The highest BCUT2D eigenvalue weighted by atomic mass is 16.5. The van der Waals surface area contributed by atoms with Crippen LogP contribution in [0.1, 0.15) is 25.5 Å². The zero-order chi connectivity index (χ0) is 12.3. The fourth-order valence-corrected chi connectivity index (χ4v) is 1.79. The zero-order valence-electron chi connectivity index (χ0n) is 9.26. The minimum Gasteiger partial charge on any atom is -0.472 e. The molecule has 1 aromatic heterocycles. The summed E-state index contributed by atoms with van der Waals surface area (Å²) in [4.78, 5) is 24.7. The summed E-state index contributed by atoms with van der Waals surface area (Å²) >= 11 is 0. The summed E-state index contributed by atoms with van der Waals surface area (Å²) in [5.41, 5.74) is -0.931. The van der Waals surface area contributed by atoms with Crippen molar-refractivity contribution in [1.29, 1.82) is 0 Å². The second kappa shape index (κ2) is 5.01. The van der Waals surface area contributed by atoms with Gasteiger partial charge in [-0.15, -0.1) is 0 Å². The van der Waals surface area contributed by atoms with E-state index in [1.165, 1.54) is 16.8 Å². The highest BCUT2D eigenvalue weighted by Gasteiger charge is 2.17. The van der Waals surface area contributed by atoms with Gasteiger partial charge in [0.15, 0.2) is 6.23 Å². The first kappa shape index (κ1) is 11.7. The predicted octanol–water partition coefficient (Wildman–Crippen LogP) is 0.112. The van der Waals surface area contributed by atoms with Crippen molar-refractivity contribution in [2.24, 2.45) is 0 Å². The number of rotatable bonds is 2. The Balaban J connectivity index is 2.30. The van der Waals surface area contributed by atoms with Crippen molar-refractivity contribution in [3.8, 4) is 0 Å². The lowest BCUT2D eigenvalue weighted by Crippen LogP contribution is -2.32. The molecule has 0 amide bonds. The molecular weight excluding hydrogens is 224 g/mol. The van der Waals surface area contributed by atoms with Crippen molar-refractivity contribution < 1.29 is 9.84 Å². The maximum atomic E-state index is 11.6. The summed E-state index contributed by atoms with van der Waals surface area (Å²) in [6.45, 7) is -0.186. The fraction of sp³-hybridized carbons (Fsp3) is 0.455. The Kier molecular flexibility index (Phi) is 3.43. The number of nitrogens with one attached hydrogen (secondary N) is 1. The number of allylic oxidation sites excluding steroid dienone is 1. The van der Waals surface area contributed by atoms with E-state index < -0.39 is 17.5 Å². The van der Waals surface area contributed by atoms with Gasteiger partial charge in [0.2, 0.25) is 0 Å². The van der Waals surface area contributed by atoms with E-state index in [1.807, 2.05) is 6.08 Å². The molecule has 0 saturated carbocycles. The van der Waals surface area contributed by atoms with Gasteiger partial charge in [-0.3, -0.25) is 14.3 Å². The Morgan fingerprint density at radius 3 is 3.06 bits per heavy atom. The van der Waals surface area contributed by atoms with Gasteiger partial charge in [0.05, 0.1) is 0 Å². The summed E-state index contributed by atoms with van der Waals surface area (Å²) in [5, 5.41) is 9.06. The van der Waals surface area contributed by atoms with E-state index in [9.17, 15) is 9.59 Å². The molecule has 0 radical (unpaired) electrons. The smallest absolute Gasteiger partial charge is 0.331 e. The SMILES string of the molecule is O=c1ccn([C@H]2CCCC=C(CO)O2)c(=O)[nH]1. The first-order valence-corrected chi connectivity index (χ1v) is 5.49. The van der Waals surface area contributed by atoms with Crippen LogP contribution in [0, 0.1) is 0 Å². The highest BCUT2D eigenvalue weighted by molar-refractivity contribution is 4.96. The number of nitrogens with zero attached hydrogens (tertiary/aromatic N) is 1. The lowest BCUT2D eigenvalue weighted by Gasteiger charge is -2.19. The van der Waals surface area contributed by atoms with E-state index in [1.54, 1.807) is 0 Å². The van der Waals surface area contributed by atoms with Crippen LogP contribution in [0.25, 0.3) is 0 Å². The van der Waals surface area contributed by atoms with Crippen molar-refractivity contribution in [2.75, 3.05) is 6.61 Å². The number of hydrogen-bond acceptors (Lipinski definition) is 4. The molecule has 1 aliphatic rings. The highest BCUT2D eigenvalue weighted by Crippen LogP contribution is 2.22. The van der Waals surface area contributed by atoms with Gasteiger partial charge in [-0.05, 0) is 18.9 Å². The molecule has 0 aromatic carbocycles. The van der Waals surface area contributed by atoms with E-state index >= 15 is 0 Å². The van der Waals surface area contributed by atoms with Gasteiger partial charge in [-0.2, -0.15) is 0 Å². The molecule has 1 aromatic rings. The minimum atomic E-state index is -0.498. The molecule has 2 N–H and O–H groups in total. The van der Waals surface area contributed by atoms with Gasteiger partial charge in [0.1, 0.15) is 12.4 Å². The Hall–Kier alpha value is -1.82. The maximum Gasteiger partial charge on any atom is 0.331 e. The number of aliphatic hydroxyl groups excluding tert-OH is 1. The van der Waals surface area contributed by atoms with Gasteiger partial charge < -0.3 is 9.84 Å². The normalized spacial score (nSPS) is 20.3. The summed E-state index contributed by atoms with van der Waals surface area (Å²) < 4.78 is 6.85. The lowest BCUT2D eigenvalue weighted by molar-refractivity contribution is 0.0312. The van der Waals surface area contributed by atoms with Crippen molar-refractivity contribution in [1.82, 2.24) is 9.55 Å². The Bertz CT molecular complexity index is 529. The third-order valence-corrected chi connectivity index (χ3v) is 2.63. The van der Waals surface area contributed by atoms with Crippen molar-refractivity contribution in [3.05, 3.63) is 44.9 Å². The standard InChI is InChI=1S/C11H14N2O4/c14-7-8-3-1-2-4-10(17-8)13-6-5-9(15)12-11(13)16/h3,5-6,10,14H,1-2,4,7H2,(H,12,15,16)/t10-/m1/s1. The average Bonchev–Trinajstić information content (AvgIpc) is 2.54. The second-order valence-corrected chi connectivity index (χ2v) is 3.85. The monoisotopic (exact) mass is 238 g/mol. The van der Waals surface area contributed by atoms with Gasteiger partial charge in [-0.25, -0.2) is 4.79 Å². The molecule has 6 nitrogen and oxygen atoms in total. The van der Waals surface area contributed by atoms with Crippen molar-refractivity contribution in [3.63, 3.8) is 0 Å². The number of H-pyrrole nitrogens is 1. The van der Waals surface area contributed by atoms with Gasteiger partial charge >= 0.3 is 5.69 Å². The van der Waals surface area contributed by atoms with E-state index in [0.717, 1.165) is 12.8 Å². The molecule has 1 aliphatic heterocycles. The van der Waals surface area contributed by atoms with E-state index in [4.69, 9.17) is 9.84 Å². The van der Waals surface area contributed by atoms with Gasteiger partial charge in [0, 0.05) is 18.7 Å². The molecule has 0 bridgehead atoms. The van der Waals surface area contributed by atoms with Crippen LogP contribution in [0.2, 0.25) is 0 Å². The summed E-state index contributed by atoms with van der Waals surface area (Å²) in [7, 11) is 0. The van der Waals surface area contributed by atoms with Crippen LogP contribution in [0.5, 0.6) is 0 Å². The van der Waals surface area contributed by atoms with Crippen LogP contribution in [-0.2, 0) is 4.74 Å². The quantitative estimate of drug-likeness (QED) is 0.766. The molecule has 6 heteroatoms. The molecule has 1 atom stereocenters. The second-order valence-electron chi connectivity index (χ2n) is 3.85. The Morgan fingerprint density at radius 2 is 2.35 bits per heavy atom. The molecule has 0 spiro atoms. The fourth-order valence-electron chi connectivity index (χ4n) is 1.79. The van der Waals surface area contributed by atoms with Crippen molar-refractivity contribution >= 4 is 0 Å². The molecular formula is C11H14N2O4. The predicted molar refractivity (Wildman–Crippen MR) is 60.5 cm³/mol. The number of hydrogen-bond donors (Lipinski definition) is 2. The van der Waals surface area contributed by atoms with Gasteiger partial charge in [0.25, 0.3) is 5.56 Å². The lowest BCUT2D eigenvalue weighted by atomic mass is 10.2. The van der Waals surface area contributed by atoms with E-state index in [2.05, 4.69) is 4.98 Å². The number of aromatic nitrogens is 2. The maximum absolute atomic E-state index is 11.6. The third-order valence-electron chi connectivity index (χ3n) is 2.63.